The Morgan fingerprint density at radius 2 is 1.71 bits per heavy atom. The number of rotatable bonds is 10. The van der Waals surface area contributed by atoms with Crippen LogP contribution in [0.1, 0.15) is 38.1 Å². The van der Waals surface area contributed by atoms with E-state index in [-0.39, 0.29) is 16.7 Å². The molecule has 0 aliphatic heterocycles. The molecule has 0 aliphatic rings. The number of hydrogen-bond acceptors (Lipinski definition) is 7. The van der Waals surface area contributed by atoms with Crippen LogP contribution in [-0.4, -0.2) is 43.8 Å². The van der Waals surface area contributed by atoms with Gasteiger partial charge >= 0.3 is 0 Å². The van der Waals surface area contributed by atoms with Gasteiger partial charge in [-0.25, -0.2) is 13.4 Å². The lowest BCUT2D eigenvalue weighted by atomic mass is 10.2. The smallest absolute Gasteiger partial charge is 0.269 e. The van der Waals surface area contributed by atoms with E-state index in [1.165, 1.54) is 39.9 Å². The number of anilines is 1. The summed E-state index contributed by atoms with van der Waals surface area (Å²) in [7, 11) is -2.11. The van der Waals surface area contributed by atoms with Gasteiger partial charge in [-0.15, -0.1) is 0 Å². The molecule has 0 unspecified atom stereocenters. The Morgan fingerprint density at radius 1 is 1.09 bits per heavy atom. The van der Waals surface area contributed by atoms with Crippen LogP contribution >= 0.6 is 22.9 Å². The summed E-state index contributed by atoms with van der Waals surface area (Å²) in [5.41, 5.74) is 6.27. The Bertz CT molecular complexity index is 1250. The van der Waals surface area contributed by atoms with Crippen LogP contribution in [0.2, 0.25) is 5.02 Å². The van der Waals surface area contributed by atoms with Crippen molar-refractivity contribution in [3.8, 4) is 5.75 Å². The Hall–Kier alpha value is -2.40. The average molecular weight is 525 g/mol. The number of benzene rings is 2. The van der Waals surface area contributed by atoms with Gasteiger partial charge < -0.3 is 4.74 Å². The number of nitrogens with one attached hydrogen (secondary N) is 2. The highest BCUT2D eigenvalue weighted by Crippen LogP contribution is 2.37. The first-order valence-corrected chi connectivity index (χ1v) is 13.5. The third kappa shape index (κ3) is 5.99. The number of nitrogens with zero attached hydrogens (tertiary/aromatic N) is 2. The first kappa shape index (κ1) is 26.2. The molecule has 1 heterocycles. The number of ether oxygens (including phenoxy) is 1. The van der Waals surface area contributed by atoms with Crippen molar-refractivity contribution in [1.82, 2.24) is 14.7 Å². The molecule has 0 fully saturated rings. The number of halogens is 1. The number of methoxy groups -OCH3 is 1. The average Bonchev–Trinajstić information content (AvgIpc) is 3.22. The molecule has 1 aromatic heterocycles. The van der Waals surface area contributed by atoms with Crippen LogP contribution in [-0.2, 0) is 10.0 Å². The third-order valence-electron chi connectivity index (χ3n) is 4.85. The summed E-state index contributed by atoms with van der Waals surface area (Å²) in [6.07, 6.45) is 0. The lowest BCUT2D eigenvalue weighted by Gasteiger charge is -2.25. The summed E-state index contributed by atoms with van der Waals surface area (Å²) in [5, 5.41) is 0.973. The van der Waals surface area contributed by atoms with E-state index < -0.39 is 15.9 Å². The van der Waals surface area contributed by atoms with Crippen LogP contribution in [0.3, 0.4) is 0 Å². The molecule has 0 bridgehead atoms. The maximum absolute atomic E-state index is 13.1. The molecule has 0 atom stereocenters. The van der Waals surface area contributed by atoms with E-state index in [0.717, 1.165) is 4.70 Å². The summed E-state index contributed by atoms with van der Waals surface area (Å²) in [5.74, 6) is 0.544. The zero-order valence-corrected chi connectivity index (χ0v) is 22.1. The van der Waals surface area contributed by atoms with Gasteiger partial charge in [0.15, 0.2) is 0 Å². The summed E-state index contributed by atoms with van der Waals surface area (Å²) in [6.45, 7) is 8.81. The Balaban J connectivity index is 1.72. The first-order valence-electron chi connectivity index (χ1n) is 10.8. The Labute approximate surface area is 209 Å². The van der Waals surface area contributed by atoms with Crippen molar-refractivity contribution in [3.63, 3.8) is 0 Å². The van der Waals surface area contributed by atoms with Gasteiger partial charge in [0.2, 0.25) is 15.2 Å². The molecule has 11 heteroatoms. The van der Waals surface area contributed by atoms with Crippen LogP contribution in [0.5, 0.6) is 5.75 Å². The van der Waals surface area contributed by atoms with Gasteiger partial charge in [-0.1, -0.05) is 50.6 Å². The highest BCUT2D eigenvalue weighted by atomic mass is 35.5. The van der Waals surface area contributed by atoms with E-state index in [2.05, 4.69) is 15.8 Å². The predicted molar refractivity (Wildman–Crippen MR) is 137 cm³/mol. The number of carbonyl (C=O) groups is 1. The minimum Gasteiger partial charge on any atom is -0.494 e. The fourth-order valence-corrected chi connectivity index (χ4v) is 6.24. The molecule has 8 nitrogen and oxygen atoms in total. The highest BCUT2D eigenvalue weighted by molar-refractivity contribution is 7.89. The Kier molecular flexibility index (Phi) is 8.40. The number of thiazole rings is 1. The molecular weight excluding hydrogens is 496 g/mol. The van der Waals surface area contributed by atoms with Gasteiger partial charge in [0.1, 0.15) is 11.3 Å². The van der Waals surface area contributed by atoms with E-state index in [1.807, 2.05) is 27.7 Å². The maximum Gasteiger partial charge on any atom is 0.269 e. The fourth-order valence-electron chi connectivity index (χ4n) is 3.37. The van der Waals surface area contributed by atoms with E-state index in [0.29, 0.717) is 40.1 Å². The van der Waals surface area contributed by atoms with Crippen molar-refractivity contribution < 1.29 is 17.9 Å². The molecule has 2 aromatic carbocycles. The third-order valence-corrected chi connectivity index (χ3v) is 8.13. The van der Waals surface area contributed by atoms with E-state index in [9.17, 15) is 13.2 Å². The van der Waals surface area contributed by atoms with E-state index >= 15 is 0 Å². The lowest BCUT2D eigenvalue weighted by molar-refractivity contribution is 0.0962. The monoisotopic (exact) mass is 524 g/mol. The molecule has 3 rings (SSSR count). The topological polar surface area (TPSA) is 101 Å². The maximum atomic E-state index is 13.1. The van der Waals surface area contributed by atoms with Gasteiger partial charge in [-0.3, -0.25) is 15.6 Å². The van der Waals surface area contributed by atoms with Crippen LogP contribution < -0.4 is 15.6 Å². The second-order valence-electron chi connectivity index (χ2n) is 8.66. The molecule has 2 N–H and O–H groups in total. The largest absolute Gasteiger partial charge is 0.494 e. The van der Waals surface area contributed by atoms with Gasteiger partial charge in [0, 0.05) is 18.7 Å². The summed E-state index contributed by atoms with van der Waals surface area (Å²) >= 11 is 7.51. The molecule has 34 heavy (non-hydrogen) atoms. The number of amides is 1. The zero-order chi connectivity index (χ0) is 25.0. The molecule has 0 radical (unpaired) electrons. The van der Waals surface area contributed by atoms with Crippen molar-refractivity contribution in [2.24, 2.45) is 11.8 Å². The molecule has 1 amide bonds. The molecule has 184 valence electrons. The van der Waals surface area contributed by atoms with Crippen LogP contribution in [0.15, 0.2) is 41.3 Å². The van der Waals surface area contributed by atoms with Gasteiger partial charge in [-0.2, -0.15) is 4.31 Å². The fraction of sp³-hybridized carbons (Fsp3) is 0.391. The van der Waals surface area contributed by atoms with E-state index in [4.69, 9.17) is 16.3 Å². The normalized spacial score (nSPS) is 12.0. The van der Waals surface area contributed by atoms with Crippen LogP contribution in [0.25, 0.3) is 10.2 Å². The number of fused-ring (bicyclic) bond motifs is 1. The van der Waals surface area contributed by atoms with Crippen molar-refractivity contribution in [2.75, 3.05) is 25.6 Å². The van der Waals surface area contributed by atoms with Gasteiger partial charge in [-0.05, 0) is 48.2 Å². The molecule has 3 aromatic rings. The van der Waals surface area contributed by atoms with E-state index in [1.54, 1.807) is 19.2 Å². The number of carbonyl (C=O) groups excluding carboxylic acids is 1. The van der Waals surface area contributed by atoms with Crippen LogP contribution in [0.4, 0.5) is 5.13 Å². The standard InChI is InChI=1S/C23H29ClN4O4S2/c1-14(2)12-28(13-15(3)4)34(30,31)17-8-6-16(7-9-17)22(29)26-27-23-25-20-19(32-5)11-10-18(24)21(20)33-23/h6-11,14-15H,12-13H2,1-5H3,(H,25,27)(H,26,29). The summed E-state index contributed by atoms with van der Waals surface area (Å²) in [6, 6.07) is 9.35. The molecule has 0 spiro atoms. The van der Waals surface area contributed by atoms with Gasteiger partial charge in [0.05, 0.1) is 21.7 Å². The Morgan fingerprint density at radius 3 is 2.26 bits per heavy atom. The summed E-state index contributed by atoms with van der Waals surface area (Å²) in [4.78, 5) is 17.2. The molecule has 0 aliphatic carbocycles. The number of hydrogen-bond donors (Lipinski definition) is 2. The minimum atomic E-state index is -3.66. The molecule has 0 saturated heterocycles. The predicted octanol–water partition coefficient (Wildman–Crippen LogP) is 5.02. The van der Waals surface area contributed by atoms with Crippen molar-refractivity contribution >= 4 is 54.2 Å². The lowest BCUT2D eigenvalue weighted by Crippen LogP contribution is -2.37. The molecular formula is C23H29ClN4O4S2. The van der Waals surface area contributed by atoms with Crippen molar-refractivity contribution in [1.29, 1.82) is 0 Å². The number of hydrazine groups is 1. The minimum absolute atomic E-state index is 0.159. The van der Waals surface area contributed by atoms with Gasteiger partial charge in [0.25, 0.3) is 5.91 Å². The zero-order valence-electron chi connectivity index (χ0n) is 19.8. The first-order chi connectivity index (χ1) is 16.0. The SMILES string of the molecule is COc1ccc(Cl)c2sc(NNC(=O)c3ccc(S(=O)(=O)N(CC(C)C)CC(C)C)cc3)nc12. The second-order valence-corrected chi connectivity index (χ2v) is 12.0. The number of sulfonamides is 1. The van der Waals surface area contributed by atoms with Crippen molar-refractivity contribution in [2.45, 2.75) is 32.6 Å². The van der Waals surface area contributed by atoms with Crippen LogP contribution in [0, 0.1) is 11.8 Å². The number of aromatic nitrogens is 1. The molecule has 0 saturated carbocycles. The second kappa shape index (κ2) is 10.9. The quantitative estimate of drug-likeness (QED) is 0.361. The highest BCUT2D eigenvalue weighted by Gasteiger charge is 2.26. The summed E-state index contributed by atoms with van der Waals surface area (Å²) < 4.78 is 33.8. The van der Waals surface area contributed by atoms with Crippen molar-refractivity contribution in [3.05, 3.63) is 47.0 Å².